The van der Waals surface area contributed by atoms with E-state index in [-0.39, 0.29) is 18.6 Å². The Morgan fingerprint density at radius 3 is 2.96 bits per heavy atom. The molecular weight excluding hydrogens is 328 g/mol. The van der Waals surface area contributed by atoms with Crippen molar-refractivity contribution >= 4 is 5.91 Å². The lowest BCUT2D eigenvalue weighted by Crippen LogP contribution is -2.45. The van der Waals surface area contributed by atoms with Gasteiger partial charge in [0.05, 0.1) is 12.3 Å². The van der Waals surface area contributed by atoms with Gasteiger partial charge < -0.3 is 10.4 Å². The molecule has 1 fully saturated rings. The first-order valence-electron chi connectivity index (χ1n) is 9.32. The number of aryl methyl sites for hydroxylation is 2. The van der Waals surface area contributed by atoms with E-state index in [0.717, 1.165) is 42.8 Å². The summed E-state index contributed by atoms with van der Waals surface area (Å²) in [5.74, 6) is -0.0639. The Morgan fingerprint density at radius 1 is 1.38 bits per heavy atom. The van der Waals surface area contributed by atoms with Crippen LogP contribution in [0.4, 0.5) is 0 Å². The molecule has 1 aliphatic rings. The van der Waals surface area contributed by atoms with Crippen LogP contribution in [0.2, 0.25) is 0 Å². The van der Waals surface area contributed by atoms with Gasteiger partial charge in [0, 0.05) is 43.5 Å². The summed E-state index contributed by atoms with van der Waals surface area (Å²) in [6.07, 6.45) is 5.35. The summed E-state index contributed by atoms with van der Waals surface area (Å²) in [7, 11) is 1.90. The van der Waals surface area contributed by atoms with Gasteiger partial charge in [0.2, 0.25) is 0 Å². The zero-order valence-electron chi connectivity index (χ0n) is 15.6. The maximum absolute atomic E-state index is 12.5. The maximum Gasteiger partial charge on any atom is 0.251 e. The largest absolute Gasteiger partial charge is 0.395 e. The average molecular weight is 356 g/mol. The zero-order valence-corrected chi connectivity index (χ0v) is 15.6. The van der Waals surface area contributed by atoms with Gasteiger partial charge in [0.15, 0.2) is 0 Å². The number of amides is 1. The van der Waals surface area contributed by atoms with Gasteiger partial charge in [-0.1, -0.05) is 18.6 Å². The van der Waals surface area contributed by atoms with Crippen LogP contribution in [0.3, 0.4) is 0 Å². The molecule has 1 atom stereocenters. The second-order valence-electron chi connectivity index (χ2n) is 7.01. The monoisotopic (exact) mass is 356 g/mol. The number of aromatic nitrogens is 2. The van der Waals surface area contributed by atoms with Gasteiger partial charge in [0.25, 0.3) is 5.91 Å². The van der Waals surface area contributed by atoms with Crippen molar-refractivity contribution < 1.29 is 9.90 Å². The van der Waals surface area contributed by atoms with Crippen molar-refractivity contribution in [3.05, 3.63) is 41.7 Å². The Morgan fingerprint density at radius 2 is 2.23 bits per heavy atom. The third-order valence-electron chi connectivity index (χ3n) is 5.09. The first-order valence-corrected chi connectivity index (χ1v) is 9.32. The topological polar surface area (TPSA) is 70.4 Å². The van der Waals surface area contributed by atoms with Crippen LogP contribution in [0.15, 0.2) is 30.5 Å². The van der Waals surface area contributed by atoms with Crippen LogP contribution in [-0.2, 0) is 7.05 Å². The molecule has 26 heavy (non-hydrogen) atoms. The number of hydrogen-bond acceptors (Lipinski definition) is 4. The molecule has 1 amide bonds. The van der Waals surface area contributed by atoms with Crippen LogP contribution in [0.25, 0.3) is 11.1 Å². The molecule has 6 nitrogen and oxygen atoms in total. The SMILES string of the molecule is Cc1nn(C)cc1-c1cccc(C(=O)NCCN2CCCC[C@@H]2CO)c1. The highest BCUT2D eigenvalue weighted by Gasteiger charge is 2.21. The van der Waals surface area contributed by atoms with Crippen LogP contribution in [0.5, 0.6) is 0 Å². The van der Waals surface area contributed by atoms with E-state index in [4.69, 9.17) is 0 Å². The number of nitrogens with zero attached hydrogens (tertiary/aromatic N) is 3. The van der Waals surface area contributed by atoms with E-state index in [1.54, 1.807) is 4.68 Å². The number of aliphatic hydroxyl groups excluding tert-OH is 1. The summed E-state index contributed by atoms with van der Waals surface area (Å²) in [5.41, 5.74) is 3.65. The highest BCUT2D eigenvalue weighted by atomic mass is 16.3. The van der Waals surface area contributed by atoms with E-state index in [2.05, 4.69) is 15.3 Å². The molecule has 0 bridgehead atoms. The predicted octanol–water partition coefficient (Wildman–Crippen LogP) is 1.97. The second kappa shape index (κ2) is 8.47. The molecule has 1 aromatic heterocycles. The summed E-state index contributed by atoms with van der Waals surface area (Å²) >= 11 is 0. The lowest BCUT2D eigenvalue weighted by Gasteiger charge is -2.34. The Kier molecular flexibility index (Phi) is 6.06. The molecule has 0 unspecified atom stereocenters. The molecular formula is C20H28N4O2. The average Bonchev–Trinajstić information content (AvgIpc) is 3.00. The van der Waals surface area contributed by atoms with Crippen molar-refractivity contribution in [1.29, 1.82) is 0 Å². The summed E-state index contributed by atoms with van der Waals surface area (Å²) in [5, 5.41) is 16.8. The van der Waals surface area contributed by atoms with E-state index in [1.807, 2.05) is 44.4 Å². The highest BCUT2D eigenvalue weighted by Crippen LogP contribution is 2.23. The van der Waals surface area contributed by atoms with Gasteiger partial charge in [0.1, 0.15) is 0 Å². The van der Waals surface area contributed by atoms with Crippen molar-refractivity contribution in [2.24, 2.45) is 7.05 Å². The molecule has 140 valence electrons. The molecule has 6 heteroatoms. The lowest BCUT2D eigenvalue weighted by atomic mass is 10.0. The van der Waals surface area contributed by atoms with E-state index < -0.39 is 0 Å². The van der Waals surface area contributed by atoms with Gasteiger partial charge in [-0.15, -0.1) is 0 Å². The molecule has 2 heterocycles. The second-order valence-corrected chi connectivity index (χ2v) is 7.01. The molecule has 1 aliphatic heterocycles. The molecule has 0 radical (unpaired) electrons. The summed E-state index contributed by atoms with van der Waals surface area (Å²) in [6, 6.07) is 7.89. The van der Waals surface area contributed by atoms with Crippen molar-refractivity contribution in [3.8, 4) is 11.1 Å². The first kappa shape index (κ1) is 18.6. The van der Waals surface area contributed by atoms with Gasteiger partial charge in [-0.2, -0.15) is 5.10 Å². The van der Waals surface area contributed by atoms with E-state index in [1.165, 1.54) is 6.42 Å². The minimum atomic E-state index is -0.0639. The normalized spacial score (nSPS) is 18.0. The predicted molar refractivity (Wildman–Crippen MR) is 102 cm³/mol. The fourth-order valence-electron chi connectivity index (χ4n) is 3.69. The number of benzene rings is 1. The number of carbonyl (C=O) groups excluding carboxylic acids is 1. The van der Waals surface area contributed by atoms with Crippen molar-refractivity contribution in [2.75, 3.05) is 26.2 Å². The van der Waals surface area contributed by atoms with Crippen LogP contribution in [0, 0.1) is 6.92 Å². The van der Waals surface area contributed by atoms with Gasteiger partial charge in [-0.3, -0.25) is 14.4 Å². The van der Waals surface area contributed by atoms with E-state index in [0.29, 0.717) is 12.1 Å². The minimum absolute atomic E-state index is 0.0639. The molecule has 2 aromatic rings. The first-order chi connectivity index (χ1) is 12.6. The molecule has 3 rings (SSSR count). The molecule has 0 saturated carbocycles. The molecule has 1 saturated heterocycles. The maximum atomic E-state index is 12.5. The molecule has 2 N–H and O–H groups in total. The summed E-state index contributed by atoms with van der Waals surface area (Å²) in [4.78, 5) is 14.8. The summed E-state index contributed by atoms with van der Waals surface area (Å²) < 4.78 is 1.79. The quantitative estimate of drug-likeness (QED) is 0.830. The standard InChI is InChI=1S/C20H28N4O2/c1-15-19(13-23(2)22-15)16-6-5-7-17(12-16)20(26)21-9-11-24-10-4-3-8-18(24)14-25/h5-7,12-13,18,25H,3-4,8-11,14H2,1-2H3,(H,21,26)/t18-/m1/s1. The number of hydrogen-bond donors (Lipinski definition) is 2. The number of rotatable bonds is 6. The Hall–Kier alpha value is -2.18. The third kappa shape index (κ3) is 4.31. The van der Waals surface area contributed by atoms with Crippen molar-refractivity contribution in [1.82, 2.24) is 20.0 Å². The van der Waals surface area contributed by atoms with E-state index >= 15 is 0 Å². The summed E-state index contributed by atoms with van der Waals surface area (Å²) in [6.45, 7) is 4.53. The fourth-order valence-corrected chi connectivity index (χ4v) is 3.69. The van der Waals surface area contributed by atoms with Crippen molar-refractivity contribution in [3.63, 3.8) is 0 Å². The van der Waals surface area contributed by atoms with Crippen LogP contribution < -0.4 is 5.32 Å². The highest BCUT2D eigenvalue weighted by molar-refractivity contribution is 5.95. The molecule has 0 aliphatic carbocycles. The Bertz CT molecular complexity index is 756. The number of piperidine rings is 1. The lowest BCUT2D eigenvalue weighted by molar-refractivity contribution is 0.0849. The van der Waals surface area contributed by atoms with Crippen LogP contribution in [0.1, 0.15) is 35.3 Å². The van der Waals surface area contributed by atoms with E-state index in [9.17, 15) is 9.90 Å². The smallest absolute Gasteiger partial charge is 0.251 e. The number of aliphatic hydroxyl groups is 1. The number of carbonyl (C=O) groups is 1. The van der Waals surface area contributed by atoms with Gasteiger partial charge in [-0.05, 0) is 44.0 Å². The van der Waals surface area contributed by atoms with Crippen LogP contribution in [-0.4, -0.2) is 58.0 Å². The number of likely N-dealkylation sites (tertiary alicyclic amines) is 1. The molecule has 0 spiro atoms. The third-order valence-corrected chi connectivity index (χ3v) is 5.09. The zero-order chi connectivity index (χ0) is 18.5. The fraction of sp³-hybridized carbons (Fsp3) is 0.500. The van der Waals surface area contributed by atoms with Gasteiger partial charge in [-0.25, -0.2) is 0 Å². The minimum Gasteiger partial charge on any atom is -0.395 e. The Balaban J connectivity index is 1.60. The Labute approximate surface area is 154 Å². The van der Waals surface area contributed by atoms with Gasteiger partial charge >= 0.3 is 0 Å². The molecule has 1 aromatic carbocycles. The van der Waals surface area contributed by atoms with Crippen molar-refractivity contribution in [2.45, 2.75) is 32.2 Å². The number of nitrogens with one attached hydrogen (secondary N) is 1. The van der Waals surface area contributed by atoms with Crippen LogP contribution >= 0.6 is 0 Å².